The lowest BCUT2D eigenvalue weighted by molar-refractivity contribution is -0.121. The highest BCUT2D eigenvalue weighted by Crippen LogP contribution is 2.12. The van der Waals surface area contributed by atoms with Crippen molar-refractivity contribution in [2.75, 3.05) is 20.6 Å². The van der Waals surface area contributed by atoms with Crippen LogP contribution in [0.2, 0.25) is 0 Å². The minimum absolute atomic E-state index is 0.00894. The van der Waals surface area contributed by atoms with Crippen LogP contribution in [0.5, 0.6) is 5.75 Å². The number of nitrogens with zero attached hydrogens (tertiary/aromatic N) is 1. The van der Waals surface area contributed by atoms with Gasteiger partial charge in [-0.1, -0.05) is 6.07 Å². The zero-order valence-corrected chi connectivity index (χ0v) is 9.23. The molecule has 5 heteroatoms. The summed E-state index contributed by atoms with van der Waals surface area (Å²) < 4.78 is 0. The number of hydrogen-bond donors (Lipinski definition) is 2. The molecule has 0 fully saturated rings. The number of likely N-dealkylation sites (N-methyl/N-ethyl adjacent to an activating group) is 2. The Morgan fingerprint density at radius 1 is 1.44 bits per heavy atom. The first kappa shape index (κ1) is 12.0. The molecule has 0 saturated heterocycles. The lowest BCUT2D eigenvalue weighted by Gasteiger charge is -2.16. The Labute approximate surface area is 93.7 Å². The van der Waals surface area contributed by atoms with Crippen molar-refractivity contribution in [3.05, 3.63) is 29.8 Å². The summed E-state index contributed by atoms with van der Waals surface area (Å²) >= 11 is 0. The average molecular weight is 222 g/mol. The summed E-state index contributed by atoms with van der Waals surface area (Å²) in [6, 6.07) is 6.01. The van der Waals surface area contributed by atoms with Crippen LogP contribution in [0.25, 0.3) is 0 Å². The third kappa shape index (κ3) is 2.98. The summed E-state index contributed by atoms with van der Waals surface area (Å²) in [5.41, 5.74) is 0.353. The fraction of sp³-hybridized carbons (Fsp3) is 0.273. The van der Waals surface area contributed by atoms with E-state index in [1.807, 2.05) is 0 Å². The van der Waals surface area contributed by atoms with Crippen molar-refractivity contribution in [2.24, 2.45) is 0 Å². The maximum Gasteiger partial charge on any atom is 0.254 e. The monoisotopic (exact) mass is 222 g/mol. The Morgan fingerprint density at radius 3 is 2.69 bits per heavy atom. The van der Waals surface area contributed by atoms with Crippen LogP contribution >= 0.6 is 0 Å². The van der Waals surface area contributed by atoms with E-state index < -0.39 is 0 Å². The van der Waals surface area contributed by atoms with Crippen LogP contribution in [-0.2, 0) is 4.79 Å². The molecule has 16 heavy (non-hydrogen) atoms. The largest absolute Gasteiger partial charge is 0.508 e. The molecule has 1 rings (SSSR count). The number of hydrogen-bond acceptors (Lipinski definition) is 3. The van der Waals surface area contributed by atoms with Crippen LogP contribution in [0.3, 0.4) is 0 Å². The van der Waals surface area contributed by atoms with E-state index in [0.29, 0.717) is 5.56 Å². The smallest absolute Gasteiger partial charge is 0.254 e. The molecule has 0 aliphatic rings. The minimum Gasteiger partial charge on any atom is -0.508 e. The fourth-order valence-corrected chi connectivity index (χ4v) is 1.23. The Bertz CT molecular complexity index is 404. The summed E-state index contributed by atoms with van der Waals surface area (Å²) in [6.07, 6.45) is 0. The fourth-order valence-electron chi connectivity index (χ4n) is 1.23. The summed E-state index contributed by atoms with van der Waals surface area (Å²) in [6.45, 7) is -0.00894. The van der Waals surface area contributed by atoms with E-state index in [1.165, 1.54) is 31.1 Å². The molecule has 2 amide bonds. The molecule has 0 aliphatic carbocycles. The van der Waals surface area contributed by atoms with Crippen LogP contribution in [0.4, 0.5) is 0 Å². The van der Waals surface area contributed by atoms with Crippen LogP contribution < -0.4 is 5.32 Å². The molecule has 0 aromatic heterocycles. The van der Waals surface area contributed by atoms with Crippen molar-refractivity contribution in [2.45, 2.75) is 0 Å². The summed E-state index contributed by atoms with van der Waals surface area (Å²) in [5.74, 6) is -0.519. The van der Waals surface area contributed by atoms with E-state index >= 15 is 0 Å². The molecule has 0 saturated carbocycles. The number of amides is 2. The Hall–Kier alpha value is -2.04. The van der Waals surface area contributed by atoms with Gasteiger partial charge in [0.25, 0.3) is 5.91 Å². The number of benzene rings is 1. The highest BCUT2D eigenvalue weighted by Gasteiger charge is 2.14. The molecule has 1 aromatic rings. The predicted octanol–water partition coefficient (Wildman–Crippen LogP) is 0.210. The molecule has 5 nitrogen and oxygen atoms in total. The molecule has 0 radical (unpaired) electrons. The van der Waals surface area contributed by atoms with Crippen molar-refractivity contribution < 1.29 is 14.7 Å². The molecule has 0 atom stereocenters. The Morgan fingerprint density at radius 2 is 2.12 bits per heavy atom. The van der Waals surface area contributed by atoms with Crippen molar-refractivity contribution >= 4 is 11.8 Å². The van der Waals surface area contributed by atoms with Crippen LogP contribution in [0, 0.1) is 0 Å². The zero-order valence-electron chi connectivity index (χ0n) is 9.23. The quantitative estimate of drug-likeness (QED) is 0.768. The maximum absolute atomic E-state index is 11.8. The maximum atomic E-state index is 11.8. The van der Waals surface area contributed by atoms with Gasteiger partial charge < -0.3 is 15.3 Å². The first-order valence-corrected chi connectivity index (χ1v) is 4.79. The lowest BCUT2D eigenvalue weighted by atomic mass is 10.2. The number of phenolic OH excluding ortho intramolecular Hbond substituents is 1. The van der Waals surface area contributed by atoms with Crippen LogP contribution in [0.1, 0.15) is 10.4 Å². The lowest BCUT2D eigenvalue weighted by Crippen LogP contribution is -2.36. The molecule has 0 unspecified atom stereocenters. The van der Waals surface area contributed by atoms with E-state index in [9.17, 15) is 14.7 Å². The number of phenols is 1. The van der Waals surface area contributed by atoms with Crippen molar-refractivity contribution in [3.8, 4) is 5.75 Å². The van der Waals surface area contributed by atoms with Gasteiger partial charge in [0, 0.05) is 19.7 Å². The first-order chi connectivity index (χ1) is 7.54. The number of carbonyl (C=O) groups excluding carboxylic acids is 2. The second kappa shape index (κ2) is 5.16. The van der Waals surface area contributed by atoms with E-state index in [4.69, 9.17) is 0 Å². The molecule has 0 spiro atoms. The molecule has 0 aliphatic heterocycles. The molecular weight excluding hydrogens is 208 g/mol. The first-order valence-electron chi connectivity index (χ1n) is 4.79. The third-order valence-corrected chi connectivity index (χ3v) is 2.10. The van der Waals surface area contributed by atoms with E-state index in [-0.39, 0.29) is 24.1 Å². The van der Waals surface area contributed by atoms with Gasteiger partial charge in [-0.3, -0.25) is 9.59 Å². The second-order valence-electron chi connectivity index (χ2n) is 3.38. The highest BCUT2D eigenvalue weighted by molar-refractivity contribution is 5.96. The SMILES string of the molecule is CNC(=O)CN(C)C(=O)c1cccc(O)c1. The van der Waals surface area contributed by atoms with Crippen molar-refractivity contribution in [3.63, 3.8) is 0 Å². The molecule has 2 N–H and O–H groups in total. The van der Waals surface area contributed by atoms with Crippen LogP contribution in [-0.4, -0.2) is 42.5 Å². The summed E-state index contributed by atoms with van der Waals surface area (Å²) in [7, 11) is 3.04. The van der Waals surface area contributed by atoms with Gasteiger partial charge >= 0.3 is 0 Å². The molecule has 1 aromatic carbocycles. The number of rotatable bonds is 3. The van der Waals surface area contributed by atoms with E-state index in [0.717, 1.165) is 0 Å². The van der Waals surface area contributed by atoms with Gasteiger partial charge in [-0.05, 0) is 18.2 Å². The number of nitrogens with one attached hydrogen (secondary N) is 1. The third-order valence-electron chi connectivity index (χ3n) is 2.10. The van der Waals surface area contributed by atoms with Gasteiger partial charge in [0.1, 0.15) is 5.75 Å². The summed E-state index contributed by atoms with van der Waals surface area (Å²) in [4.78, 5) is 24.1. The number of carbonyl (C=O) groups is 2. The van der Waals surface area contributed by atoms with Crippen molar-refractivity contribution in [1.82, 2.24) is 10.2 Å². The topological polar surface area (TPSA) is 69.6 Å². The minimum atomic E-state index is -0.306. The van der Waals surface area contributed by atoms with Gasteiger partial charge in [0.05, 0.1) is 6.54 Å². The van der Waals surface area contributed by atoms with Crippen molar-refractivity contribution in [1.29, 1.82) is 0 Å². The normalized spacial score (nSPS) is 9.62. The van der Waals surface area contributed by atoms with E-state index in [1.54, 1.807) is 12.1 Å². The molecule has 0 heterocycles. The van der Waals surface area contributed by atoms with Gasteiger partial charge in [-0.2, -0.15) is 0 Å². The molecule has 0 bridgehead atoms. The van der Waals surface area contributed by atoms with Gasteiger partial charge in [0.15, 0.2) is 0 Å². The molecular formula is C11H14N2O3. The van der Waals surface area contributed by atoms with Crippen LogP contribution in [0.15, 0.2) is 24.3 Å². The summed E-state index contributed by atoms with van der Waals surface area (Å²) in [5, 5.41) is 11.7. The Kier molecular flexibility index (Phi) is 3.88. The Balaban J connectivity index is 2.74. The van der Waals surface area contributed by atoms with Gasteiger partial charge in [-0.15, -0.1) is 0 Å². The van der Waals surface area contributed by atoms with Gasteiger partial charge in [0.2, 0.25) is 5.91 Å². The zero-order chi connectivity index (χ0) is 12.1. The average Bonchev–Trinajstić information content (AvgIpc) is 2.27. The number of aromatic hydroxyl groups is 1. The van der Waals surface area contributed by atoms with E-state index in [2.05, 4.69) is 5.32 Å². The second-order valence-corrected chi connectivity index (χ2v) is 3.38. The highest BCUT2D eigenvalue weighted by atomic mass is 16.3. The van der Waals surface area contributed by atoms with Gasteiger partial charge in [-0.25, -0.2) is 0 Å². The predicted molar refractivity (Wildman–Crippen MR) is 59.1 cm³/mol. The molecule has 86 valence electrons. The standard InChI is InChI=1S/C11H14N2O3/c1-12-10(15)7-13(2)11(16)8-4-3-5-9(14)6-8/h3-6,14H,7H2,1-2H3,(H,12,15).